The first-order valence-electron chi connectivity index (χ1n) is 8.12. The number of methoxy groups -OCH3 is 1. The minimum absolute atomic E-state index is 0.129. The van der Waals surface area contributed by atoms with Crippen LogP contribution in [-0.4, -0.2) is 53.3 Å². The van der Waals surface area contributed by atoms with Crippen molar-refractivity contribution < 1.29 is 13.9 Å². The molecule has 3 aromatic rings. The van der Waals surface area contributed by atoms with E-state index in [9.17, 15) is 4.39 Å². The summed E-state index contributed by atoms with van der Waals surface area (Å²) in [6, 6.07) is 4.25. The van der Waals surface area contributed by atoms with E-state index in [1.165, 1.54) is 25.4 Å². The van der Waals surface area contributed by atoms with E-state index in [4.69, 9.17) is 15.2 Å². The van der Waals surface area contributed by atoms with Crippen LogP contribution in [0.25, 0.3) is 22.4 Å². The molecule has 0 bridgehead atoms. The summed E-state index contributed by atoms with van der Waals surface area (Å²) in [7, 11) is 1.52. The normalized spacial score (nSPS) is 14.6. The van der Waals surface area contributed by atoms with Gasteiger partial charge in [-0.25, -0.2) is 14.4 Å². The summed E-state index contributed by atoms with van der Waals surface area (Å²) in [4.78, 5) is 19.5. The molecule has 1 fully saturated rings. The van der Waals surface area contributed by atoms with Gasteiger partial charge in [0, 0.05) is 18.7 Å². The summed E-state index contributed by atoms with van der Waals surface area (Å²) in [5, 5.41) is 0. The SMILES string of the molecule is COc1ccc(F)cc1-c1cnc2nc(N)nc(N3CCOCC3)c2n1. The molecule has 1 saturated heterocycles. The molecule has 1 aliphatic rings. The lowest BCUT2D eigenvalue weighted by atomic mass is 10.1. The second kappa shape index (κ2) is 6.68. The second-order valence-electron chi connectivity index (χ2n) is 5.78. The van der Waals surface area contributed by atoms with Crippen molar-refractivity contribution in [2.45, 2.75) is 0 Å². The molecule has 0 radical (unpaired) electrons. The highest BCUT2D eigenvalue weighted by Crippen LogP contribution is 2.31. The van der Waals surface area contributed by atoms with Crippen LogP contribution in [0.3, 0.4) is 0 Å². The van der Waals surface area contributed by atoms with Crippen molar-refractivity contribution in [1.29, 1.82) is 0 Å². The third-order valence-corrected chi connectivity index (χ3v) is 4.15. The number of nitrogens with two attached hydrogens (primary N) is 1. The summed E-state index contributed by atoms with van der Waals surface area (Å²) < 4.78 is 24.4. The fourth-order valence-electron chi connectivity index (χ4n) is 2.92. The molecule has 0 atom stereocenters. The molecule has 9 heteroatoms. The standard InChI is InChI=1S/C17H17FN6O2/c1-25-13-3-2-10(18)8-11(13)12-9-20-15-14(21-12)16(23-17(19)22-15)24-4-6-26-7-5-24/h2-3,8-9H,4-7H2,1H3,(H2,19,20,22,23). The zero-order valence-electron chi connectivity index (χ0n) is 14.1. The van der Waals surface area contributed by atoms with Crippen LogP contribution in [0, 0.1) is 5.82 Å². The van der Waals surface area contributed by atoms with Gasteiger partial charge < -0.3 is 20.1 Å². The van der Waals surface area contributed by atoms with Gasteiger partial charge in [-0.3, -0.25) is 0 Å². The molecule has 26 heavy (non-hydrogen) atoms. The topological polar surface area (TPSA) is 99.3 Å². The highest BCUT2D eigenvalue weighted by Gasteiger charge is 2.20. The van der Waals surface area contributed by atoms with E-state index in [1.54, 1.807) is 6.07 Å². The molecule has 1 aromatic carbocycles. The minimum Gasteiger partial charge on any atom is -0.496 e. The fraction of sp³-hybridized carbons (Fsp3) is 0.294. The summed E-state index contributed by atoms with van der Waals surface area (Å²) in [6.45, 7) is 2.52. The summed E-state index contributed by atoms with van der Waals surface area (Å²) in [5.41, 5.74) is 7.70. The van der Waals surface area contributed by atoms with Gasteiger partial charge in [-0.15, -0.1) is 0 Å². The van der Waals surface area contributed by atoms with E-state index in [1.807, 2.05) is 4.90 Å². The first-order chi connectivity index (χ1) is 12.7. The molecule has 3 heterocycles. The lowest BCUT2D eigenvalue weighted by Gasteiger charge is -2.28. The zero-order chi connectivity index (χ0) is 18.1. The Kier molecular flexibility index (Phi) is 4.21. The summed E-state index contributed by atoms with van der Waals surface area (Å²) in [6.07, 6.45) is 1.52. The van der Waals surface area contributed by atoms with Crippen LogP contribution in [0.5, 0.6) is 5.75 Å². The average Bonchev–Trinajstić information content (AvgIpc) is 2.67. The molecule has 0 spiro atoms. The van der Waals surface area contributed by atoms with Crippen LogP contribution in [0.4, 0.5) is 16.2 Å². The van der Waals surface area contributed by atoms with E-state index in [-0.39, 0.29) is 11.8 Å². The molecule has 0 saturated carbocycles. The van der Waals surface area contributed by atoms with Crippen molar-refractivity contribution in [2.24, 2.45) is 0 Å². The van der Waals surface area contributed by atoms with Crippen molar-refractivity contribution in [2.75, 3.05) is 44.0 Å². The van der Waals surface area contributed by atoms with Crippen molar-refractivity contribution in [3.8, 4) is 17.0 Å². The number of halogens is 1. The number of rotatable bonds is 3. The van der Waals surface area contributed by atoms with Crippen LogP contribution in [0.1, 0.15) is 0 Å². The number of hydrogen-bond donors (Lipinski definition) is 1. The maximum Gasteiger partial charge on any atom is 0.224 e. The number of morpholine rings is 1. The Hall–Kier alpha value is -3.07. The Balaban J connectivity index is 1.89. The molecule has 134 valence electrons. The van der Waals surface area contributed by atoms with Crippen molar-refractivity contribution >= 4 is 22.9 Å². The van der Waals surface area contributed by atoms with Crippen LogP contribution in [-0.2, 0) is 4.74 Å². The zero-order valence-corrected chi connectivity index (χ0v) is 14.1. The molecular weight excluding hydrogens is 339 g/mol. The van der Waals surface area contributed by atoms with E-state index in [2.05, 4.69) is 19.9 Å². The van der Waals surface area contributed by atoms with Crippen LogP contribution >= 0.6 is 0 Å². The number of nitrogen functional groups attached to an aromatic ring is 1. The molecule has 0 unspecified atom stereocenters. The van der Waals surface area contributed by atoms with Gasteiger partial charge in [0.1, 0.15) is 11.6 Å². The van der Waals surface area contributed by atoms with E-state index < -0.39 is 0 Å². The number of benzene rings is 1. The molecule has 0 aliphatic carbocycles. The number of aromatic nitrogens is 4. The molecule has 2 aromatic heterocycles. The Morgan fingerprint density at radius 3 is 2.77 bits per heavy atom. The maximum atomic E-state index is 13.7. The monoisotopic (exact) mass is 356 g/mol. The van der Waals surface area contributed by atoms with Crippen molar-refractivity contribution in [1.82, 2.24) is 19.9 Å². The third kappa shape index (κ3) is 2.97. The largest absolute Gasteiger partial charge is 0.496 e. The molecule has 8 nitrogen and oxygen atoms in total. The van der Waals surface area contributed by atoms with Crippen LogP contribution in [0.15, 0.2) is 24.4 Å². The van der Waals surface area contributed by atoms with Crippen LogP contribution < -0.4 is 15.4 Å². The maximum absolute atomic E-state index is 13.7. The van der Waals surface area contributed by atoms with Gasteiger partial charge in [-0.05, 0) is 18.2 Å². The van der Waals surface area contributed by atoms with E-state index in [0.29, 0.717) is 60.3 Å². The average molecular weight is 356 g/mol. The fourth-order valence-corrected chi connectivity index (χ4v) is 2.92. The van der Waals surface area contributed by atoms with Crippen molar-refractivity contribution in [3.05, 3.63) is 30.2 Å². The predicted molar refractivity (Wildman–Crippen MR) is 94.5 cm³/mol. The Morgan fingerprint density at radius 2 is 2.00 bits per heavy atom. The second-order valence-corrected chi connectivity index (χ2v) is 5.78. The quantitative estimate of drug-likeness (QED) is 0.756. The van der Waals surface area contributed by atoms with Gasteiger partial charge in [0.05, 0.1) is 32.2 Å². The van der Waals surface area contributed by atoms with Gasteiger partial charge in [-0.1, -0.05) is 0 Å². The first kappa shape index (κ1) is 16.4. The number of nitrogens with zero attached hydrogens (tertiary/aromatic N) is 5. The Labute approximate surface area is 148 Å². The highest BCUT2D eigenvalue weighted by atomic mass is 19.1. The van der Waals surface area contributed by atoms with Crippen molar-refractivity contribution in [3.63, 3.8) is 0 Å². The first-order valence-corrected chi connectivity index (χ1v) is 8.12. The smallest absolute Gasteiger partial charge is 0.224 e. The Morgan fingerprint density at radius 1 is 1.19 bits per heavy atom. The molecule has 1 aliphatic heterocycles. The lowest BCUT2D eigenvalue weighted by molar-refractivity contribution is 0.122. The minimum atomic E-state index is -0.385. The summed E-state index contributed by atoms with van der Waals surface area (Å²) in [5.74, 6) is 0.846. The Bertz CT molecular complexity index is 961. The third-order valence-electron chi connectivity index (χ3n) is 4.15. The lowest BCUT2D eigenvalue weighted by Crippen LogP contribution is -2.37. The number of ether oxygens (including phenoxy) is 2. The van der Waals surface area contributed by atoms with Crippen LogP contribution in [0.2, 0.25) is 0 Å². The molecule has 2 N–H and O–H groups in total. The van der Waals surface area contributed by atoms with Gasteiger partial charge in [0.25, 0.3) is 0 Å². The summed E-state index contributed by atoms with van der Waals surface area (Å²) >= 11 is 0. The molecule has 4 rings (SSSR count). The van der Waals surface area contributed by atoms with E-state index in [0.717, 1.165) is 0 Å². The predicted octanol–water partition coefficient (Wildman–Crippen LogP) is 1.65. The number of anilines is 2. The van der Waals surface area contributed by atoms with Gasteiger partial charge in [0.15, 0.2) is 17.0 Å². The number of hydrogen-bond acceptors (Lipinski definition) is 8. The molecular formula is C17H17FN6O2. The van der Waals surface area contributed by atoms with Gasteiger partial charge in [0.2, 0.25) is 5.95 Å². The van der Waals surface area contributed by atoms with E-state index >= 15 is 0 Å². The van der Waals surface area contributed by atoms with Gasteiger partial charge in [-0.2, -0.15) is 9.97 Å². The molecule has 0 amide bonds. The highest BCUT2D eigenvalue weighted by molar-refractivity contribution is 5.86. The number of fused-ring (bicyclic) bond motifs is 1. The van der Waals surface area contributed by atoms with Gasteiger partial charge >= 0.3 is 0 Å².